The second-order valence-electron chi connectivity index (χ2n) is 7.72. The van der Waals surface area contributed by atoms with Gasteiger partial charge in [-0.25, -0.2) is 0 Å². The average molecular weight is 425 g/mol. The summed E-state index contributed by atoms with van der Waals surface area (Å²) in [7, 11) is 1.79. The lowest BCUT2D eigenvalue weighted by Gasteiger charge is -2.32. The quantitative estimate of drug-likeness (QED) is 0.591. The number of amides is 1. The molecule has 1 aliphatic heterocycles. The van der Waals surface area contributed by atoms with Crippen molar-refractivity contribution in [3.05, 3.63) is 71.1 Å². The third kappa shape index (κ3) is 4.89. The van der Waals surface area contributed by atoms with Gasteiger partial charge in [-0.2, -0.15) is 4.98 Å². The Balaban J connectivity index is 1.30. The van der Waals surface area contributed by atoms with E-state index in [1.807, 2.05) is 24.3 Å². The van der Waals surface area contributed by atoms with Crippen molar-refractivity contribution in [2.75, 3.05) is 20.1 Å². The van der Waals surface area contributed by atoms with E-state index in [2.05, 4.69) is 39.3 Å². The lowest BCUT2D eigenvalue weighted by atomic mass is 9.95. The van der Waals surface area contributed by atoms with Crippen LogP contribution in [0.25, 0.3) is 11.4 Å². The molecule has 1 aromatic heterocycles. The van der Waals surface area contributed by atoms with E-state index < -0.39 is 0 Å². The zero-order chi connectivity index (χ0) is 20.9. The van der Waals surface area contributed by atoms with Gasteiger partial charge in [-0.3, -0.25) is 9.69 Å². The number of carbonyl (C=O) groups excluding carboxylic acids is 1. The number of nitrogens with zero attached hydrogens (tertiary/aromatic N) is 4. The van der Waals surface area contributed by atoms with Gasteiger partial charge in [-0.1, -0.05) is 59.2 Å². The molecule has 1 saturated heterocycles. The van der Waals surface area contributed by atoms with Crippen molar-refractivity contribution in [1.82, 2.24) is 19.9 Å². The Bertz CT molecular complexity index is 984. The van der Waals surface area contributed by atoms with Crippen molar-refractivity contribution in [2.45, 2.75) is 25.9 Å². The molecule has 0 aliphatic carbocycles. The van der Waals surface area contributed by atoms with E-state index >= 15 is 0 Å². The third-order valence-electron chi connectivity index (χ3n) is 5.52. The topological polar surface area (TPSA) is 62.5 Å². The minimum atomic E-state index is 0.0352. The summed E-state index contributed by atoms with van der Waals surface area (Å²) in [5.41, 5.74) is 2.03. The predicted octanol–water partition coefficient (Wildman–Crippen LogP) is 4.26. The average Bonchev–Trinajstić information content (AvgIpc) is 3.23. The molecular formula is C23H25ClN4O2. The Morgan fingerprint density at radius 3 is 2.57 bits per heavy atom. The number of aromatic nitrogens is 2. The Morgan fingerprint density at radius 1 is 1.13 bits per heavy atom. The minimum Gasteiger partial charge on any atom is -0.337 e. The van der Waals surface area contributed by atoms with E-state index in [0.29, 0.717) is 28.8 Å². The SMILES string of the molecule is CN(Cc1nc(-c2ccccc2Cl)no1)C(=O)C1CCN(Cc2ccccc2)CC1. The van der Waals surface area contributed by atoms with E-state index in [1.165, 1.54) is 5.56 Å². The number of halogens is 1. The maximum Gasteiger partial charge on any atom is 0.246 e. The van der Waals surface area contributed by atoms with Crippen LogP contribution in [0.4, 0.5) is 0 Å². The van der Waals surface area contributed by atoms with Gasteiger partial charge in [0, 0.05) is 25.1 Å². The first kappa shape index (κ1) is 20.6. The monoisotopic (exact) mass is 424 g/mol. The number of hydrogen-bond donors (Lipinski definition) is 0. The smallest absolute Gasteiger partial charge is 0.246 e. The van der Waals surface area contributed by atoms with E-state index in [4.69, 9.17) is 16.1 Å². The first-order valence-corrected chi connectivity index (χ1v) is 10.6. The molecule has 2 heterocycles. The van der Waals surface area contributed by atoms with Gasteiger partial charge in [0.1, 0.15) is 0 Å². The first-order chi connectivity index (χ1) is 14.6. The summed E-state index contributed by atoms with van der Waals surface area (Å²) in [5, 5.41) is 4.57. The molecule has 0 atom stereocenters. The molecule has 0 spiro atoms. The summed E-state index contributed by atoms with van der Waals surface area (Å²) in [6.07, 6.45) is 1.73. The Labute approximate surface area is 181 Å². The fraction of sp³-hybridized carbons (Fsp3) is 0.348. The van der Waals surface area contributed by atoms with Crippen LogP contribution >= 0.6 is 11.6 Å². The molecule has 0 bridgehead atoms. The van der Waals surface area contributed by atoms with Crippen LogP contribution in [0.1, 0.15) is 24.3 Å². The van der Waals surface area contributed by atoms with Crippen LogP contribution in [-0.2, 0) is 17.9 Å². The van der Waals surface area contributed by atoms with Gasteiger partial charge < -0.3 is 9.42 Å². The highest BCUT2D eigenvalue weighted by Crippen LogP contribution is 2.25. The van der Waals surface area contributed by atoms with Crippen LogP contribution in [0, 0.1) is 5.92 Å². The number of hydrogen-bond acceptors (Lipinski definition) is 5. The highest BCUT2D eigenvalue weighted by Gasteiger charge is 2.28. The molecule has 2 aromatic carbocycles. The third-order valence-corrected chi connectivity index (χ3v) is 5.85. The van der Waals surface area contributed by atoms with Gasteiger partial charge in [0.15, 0.2) is 0 Å². The number of benzene rings is 2. The van der Waals surface area contributed by atoms with Crippen LogP contribution in [-0.4, -0.2) is 46.0 Å². The second-order valence-corrected chi connectivity index (χ2v) is 8.13. The van der Waals surface area contributed by atoms with Gasteiger partial charge in [-0.15, -0.1) is 0 Å². The zero-order valence-electron chi connectivity index (χ0n) is 17.0. The Morgan fingerprint density at radius 2 is 1.83 bits per heavy atom. The molecular weight excluding hydrogens is 400 g/mol. The summed E-state index contributed by atoms with van der Waals surface area (Å²) in [6.45, 7) is 3.08. The van der Waals surface area contributed by atoms with Crippen molar-refractivity contribution in [3.63, 3.8) is 0 Å². The summed E-state index contributed by atoms with van der Waals surface area (Å²) in [6, 6.07) is 17.8. The first-order valence-electron chi connectivity index (χ1n) is 10.2. The number of piperidine rings is 1. The van der Waals surface area contributed by atoms with Crippen LogP contribution in [0.5, 0.6) is 0 Å². The highest BCUT2D eigenvalue weighted by molar-refractivity contribution is 6.33. The molecule has 3 aromatic rings. The van der Waals surface area contributed by atoms with E-state index in [0.717, 1.165) is 32.5 Å². The van der Waals surface area contributed by atoms with Crippen molar-refractivity contribution >= 4 is 17.5 Å². The van der Waals surface area contributed by atoms with Crippen LogP contribution in [0.3, 0.4) is 0 Å². The van der Waals surface area contributed by atoms with Crippen LogP contribution in [0.15, 0.2) is 59.1 Å². The van der Waals surface area contributed by atoms with Crippen LogP contribution in [0.2, 0.25) is 5.02 Å². The molecule has 4 rings (SSSR count). The maximum absolute atomic E-state index is 12.9. The molecule has 1 amide bonds. The lowest BCUT2D eigenvalue weighted by Crippen LogP contribution is -2.40. The van der Waals surface area contributed by atoms with Crippen molar-refractivity contribution in [1.29, 1.82) is 0 Å². The summed E-state index contributed by atoms with van der Waals surface area (Å²) >= 11 is 6.20. The standard InChI is InChI=1S/C23H25ClN4O2/c1-27(16-21-25-22(26-30-21)19-9-5-6-10-20(19)24)23(29)18-11-13-28(14-12-18)15-17-7-3-2-4-8-17/h2-10,18H,11-16H2,1H3. The van der Waals surface area contributed by atoms with Gasteiger partial charge in [-0.05, 0) is 43.6 Å². The Kier molecular flexibility index (Phi) is 6.45. The van der Waals surface area contributed by atoms with E-state index in [9.17, 15) is 4.79 Å². The summed E-state index contributed by atoms with van der Waals surface area (Å²) < 4.78 is 5.34. The van der Waals surface area contributed by atoms with Gasteiger partial charge >= 0.3 is 0 Å². The molecule has 0 N–H and O–H groups in total. The van der Waals surface area contributed by atoms with E-state index in [1.54, 1.807) is 18.0 Å². The molecule has 30 heavy (non-hydrogen) atoms. The molecule has 6 nitrogen and oxygen atoms in total. The van der Waals surface area contributed by atoms with Gasteiger partial charge in [0.2, 0.25) is 17.6 Å². The molecule has 0 radical (unpaired) electrons. The Hall–Kier alpha value is -2.70. The largest absolute Gasteiger partial charge is 0.337 e. The summed E-state index contributed by atoms with van der Waals surface area (Å²) in [5.74, 6) is 1.01. The fourth-order valence-corrected chi connectivity index (χ4v) is 4.06. The van der Waals surface area contributed by atoms with Gasteiger partial charge in [0.25, 0.3) is 0 Å². The molecule has 0 saturated carbocycles. The predicted molar refractivity (Wildman–Crippen MR) is 116 cm³/mol. The van der Waals surface area contributed by atoms with E-state index in [-0.39, 0.29) is 11.8 Å². The zero-order valence-corrected chi connectivity index (χ0v) is 17.8. The van der Waals surface area contributed by atoms with Crippen molar-refractivity contribution in [2.24, 2.45) is 5.92 Å². The summed E-state index contributed by atoms with van der Waals surface area (Å²) in [4.78, 5) is 21.4. The van der Waals surface area contributed by atoms with Crippen molar-refractivity contribution in [3.8, 4) is 11.4 Å². The van der Waals surface area contributed by atoms with Gasteiger partial charge in [0.05, 0.1) is 11.6 Å². The molecule has 0 unspecified atom stereocenters. The minimum absolute atomic E-state index is 0.0352. The molecule has 1 aliphatic rings. The van der Waals surface area contributed by atoms with Crippen LogP contribution < -0.4 is 0 Å². The highest BCUT2D eigenvalue weighted by atomic mass is 35.5. The fourth-order valence-electron chi connectivity index (χ4n) is 3.84. The maximum atomic E-state index is 12.9. The number of rotatable bonds is 6. The number of likely N-dealkylation sites (tertiary alicyclic amines) is 1. The second kappa shape index (κ2) is 9.41. The normalized spacial score (nSPS) is 15.3. The number of carbonyl (C=O) groups is 1. The van der Waals surface area contributed by atoms with Crippen molar-refractivity contribution < 1.29 is 9.32 Å². The molecule has 156 valence electrons. The molecule has 1 fully saturated rings. The lowest BCUT2D eigenvalue weighted by molar-refractivity contribution is -0.136. The molecule has 7 heteroatoms.